The van der Waals surface area contributed by atoms with Crippen LogP contribution in [0.5, 0.6) is 11.8 Å². The van der Waals surface area contributed by atoms with Crippen molar-refractivity contribution >= 4 is 29.1 Å². The topological polar surface area (TPSA) is 153 Å². The molecular formula is C45H63N7O5. The van der Waals surface area contributed by atoms with Gasteiger partial charge in [0, 0.05) is 19.5 Å². The van der Waals surface area contributed by atoms with Gasteiger partial charge in [0.1, 0.15) is 18.0 Å². The van der Waals surface area contributed by atoms with E-state index in [1.54, 1.807) is 20.8 Å². The number of nitrogens with two attached hydrogens (primary N) is 1. The maximum atomic E-state index is 14.4. The van der Waals surface area contributed by atoms with E-state index >= 15 is 0 Å². The van der Waals surface area contributed by atoms with E-state index in [1.807, 2.05) is 57.1 Å². The summed E-state index contributed by atoms with van der Waals surface area (Å²) in [6, 6.07) is 18.9. The molecule has 1 heterocycles. The first-order chi connectivity index (χ1) is 27.0. The van der Waals surface area contributed by atoms with Gasteiger partial charge in [-0.2, -0.15) is 0 Å². The molecule has 4 rings (SSSR count). The van der Waals surface area contributed by atoms with Crippen molar-refractivity contribution in [3.63, 3.8) is 0 Å². The highest BCUT2D eigenvalue weighted by molar-refractivity contribution is 5.96. The van der Waals surface area contributed by atoms with Crippen molar-refractivity contribution in [2.45, 2.75) is 99.5 Å². The minimum atomic E-state index is -0.950. The Kier molecular flexibility index (Phi) is 15.7. The first-order valence-electron chi connectivity index (χ1n) is 19.9. The van der Waals surface area contributed by atoms with Crippen LogP contribution in [0.3, 0.4) is 0 Å². The number of para-hydroxylation sites is 1. The summed E-state index contributed by atoms with van der Waals surface area (Å²) in [4.78, 5) is 34.8. The summed E-state index contributed by atoms with van der Waals surface area (Å²) in [5.74, 6) is 0.395. The van der Waals surface area contributed by atoms with Gasteiger partial charge in [-0.05, 0) is 120 Å². The predicted octanol–water partition coefficient (Wildman–Crippen LogP) is 8.44. The summed E-state index contributed by atoms with van der Waals surface area (Å²) in [5.41, 5.74) is 17.1. The number of hydrogen-bond acceptors (Lipinski definition) is 10. The second kappa shape index (κ2) is 20.2. The Morgan fingerprint density at radius 3 is 2.26 bits per heavy atom. The number of unbranched alkanes of at least 4 members (excludes halogenated alkanes) is 2. The molecule has 57 heavy (non-hydrogen) atoms. The molecule has 308 valence electrons. The van der Waals surface area contributed by atoms with Crippen molar-refractivity contribution in [1.82, 2.24) is 20.7 Å². The number of carbonyl (C=O) groups excluding carboxylic acids is 2. The lowest BCUT2D eigenvalue weighted by molar-refractivity contribution is -0.124. The molecule has 4 aromatic rings. The fourth-order valence-corrected chi connectivity index (χ4v) is 6.84. The molecule has 12 heteroatoms. The molecule has 0 aliphatic rings. The van der Waals surface area contributed by atoms with Crippen LogP contribution in [-0.4, -0.2) is 60.9 Å². The number of nitrogens with one attached hydrogen (secondary N) is 3. The van der Waals surface area contributed by atoms with Crippen molar-refractivity contribution in [1.29, 1.82) is 0 Å². The molecule has 1 atom stereocenters. The summed E-state index contributed by atoms with van der Waals surface area (Å²) in [7, 11) is 1.87. The van der Waals surface area contributed by atoms with Gasteiger partial charge in [-0.25, -0.2) is 20.2 Å². The van der Waals surface area contributed by atoms with E-state index in [0.29, 0.717) is 18.0 Å². The number of hydrazine groups is 1. The number of carbonyl (C=O) groups is 2. The maximum absolute atomic E-state index is 14.4. The van der Waals surface area contributed by atoms with Crippen molar-refractivity contribution in [2.24, 2.45) is 5.41 Å². The second-order valence-corrected chi connectivity index (χ2v) is 15.9. The van der Waals surface area contributed by atoms with E-state index in [9.17, 15) is 9.59 Å². The van der Waals surface area contributed by atoms with E-state index in [0.717, 1.165) is 65.9 Å². The van der Waals surface area contributed by atoms with Gasteiger partial charge in [0.15, 0.2) is 0 Å². The van der Waals surface area contributed by atoms with Crippen LogP contribution in [-0.2, 0) is 16.0 Å². The number of benzene rings is 3. The Morgan fingerprint density at radius 2 is 1.60 bits per heavy atom. The molecule has 0 unspecified atom stereocenters. The molecule has 0 aliphatic heterocycles. The van der Waals surface area contributed by atoms with Crippen LogP contribution in [0.25, 0.3) is 0 Å². The normalized spacial score (nSPS) is 12.1. The predicted molar refractivity (Wildman–Crippen MR) is 229 cm³/mol. The number of hydrogen-bond donors (Lipinski definition) is 4. The SMILES string of the molecule is CCN(NC)c1ccc([C@H](c2ccc(C)c(CCCCCOc3ccccc3C)c2)C(C)(C)C(=O)Nc2cnc(OCCNC(=O)OC(C)(C)C)nc2)c(C)c1N. The zero-order valence-electron chi connectivity index (χ0n) is 35.5. The standard InChI is InChI=1S/C45H63N7O5/c1-11-52(47-10)37-23-22-36(32(4)40(37)46)39(34-21-20-30(2)33(27-34)18-13-12-16-25-55-38-19-15-14-17-31(38)3)45(8,9)41(53)51-35-28-49-42(50-29-35)56-26-24-48-43(54)57-44(5,6)7/h14-15,17,19-23,27-29,39,47H,11-13,16,18,24-26,46H2,1-10H3,(H,48,54)(H,51,53)/t39-/m0/s1. The molecule has 12 nitrogen and oxygen atoms in total. The number of amides is 2. The largest absolute Gasteiger partial charge is 0.493 e. The van der Waals surface area contributed by atoms with Gasteiger partial charge in [0.25, 0.3) is 0 Å². The molecule has 2 amide bonds. The zero-order valence-corrected chi connectivity index (χ0v) is 35.5. The summed E-state index contributed by atoms with van der Waals surface area (Å²) in [6.07, 6.45) is 6.44. The van der Waals surface area contributed by atoms with Crippen LogP contribution >= 0.6 is 0 Å². The van der Waals surface area contributed by atoms with Gasteiger partial charge in [-0.1, -0.05) is 56.3 Å². The lowest BCUT2D eigenvalue weighted by atomic mass is 9.69. The molecule has 0 aliphatic carbocycles. The molecule has 0 bridgehead atoms. The summed E-state index contributed by atoms with van der Waals surface area (Å²) in [5, 5.41) is 7.69. The molecule has 0 saturated heterocycles. The number of nitrogens with zero attached hydrogens (tertiary/aromatic N) is 3. The number of rotatable bonds is 19. The van der Waals surface area contributed by atoms with Crippen LogP contribution in [0.4, 0.5) is 21.9 Å². The summed E-state index contributed by atoms with van der Waals surface area (Å²) < 4.78 is 16.9. The fourth-order valence-electron chi connectivity index (χ4n) is 6.84. The average Bonchev–Trinajstić information content (AvgIpc) is 3.16. The maximum Gasteiger partial charge on any atom is 0.407 e. The highest BCUT2D eigenvalue weighted by Crippen LogP contribution is 2.46. The molecular weight excluding hydrogens is 719 g/mol. The number of anilines is 3. The molecule has 3 aromatic carbocycles. The third-order valence-corrected chi connectivity index (χ3v) is 10.1. The average molecular weight is 782 g/mol. The van der Waals surface area contributed by atoms with E-state index in [1.165, 1.54) is 23.5 Å². The first-order valence-corrected chi connectivity index (χ1v) is 19.9. The van der Waals surface area contributed by atoms with E-state index in [-0.39, 0.29) is 31.0 Å². The smallest absolute Gasteiger partial charge is 0.407 e. The van der Waals surface area contributed by atoms with Gasteiger partial charge in [-0.3, -0.25) is 4.79 Å². The van der Waals surface area contributed by atoms with Gasteiger partial charge >= 0.3 is 12.1 Å². The molecule has 0 spiro atoms. The highest BCUT2D eigenvalue weighted by Gasteiger charge is 2.40. The molecule has 0 radical (unpaired) electrons. The van der Waals surface area contributed by atoms with Crippen LogP contribution in [0.2, 0.25) is 0 Å². The first kappa shape index (κ1) is 44.4. The monoisotopic (exact) mass is 781 g/mol. The number of nitrogen functional groups attached to an aromatic ring is 1. The molecule has 0 saturated carbocycles. The van der Waals surface area contributed by atoms with E-state index in [4.69, 9.17) is 19.9 Å². The van der Waals surface area contributed by atoms with E-state index in [2.05, 4.69) is 77.1 Å². The quantitative estimate of drug-likeness (QED) is 0.0414. The number of ether oxygens (including phenoxy) is 3. The third-order valence-electron chi connectivity index (χ3n) is 10.1. The zero-order chi connectivity index (χ0) is 41.8. The van der Waals surface area contributed by atoms with Gasteiger partial charge < -0.3 is 35.6 Å². The van der Waals surface area contributed by atoms with Crippen LogP contribution < -0.4 is 36.3 Å². The number of aryl methyl sites for hydroxylation is 3. The Hall–Kier alpha value is -5.36. The fraction of sp³-hybridized carbons (Fsp3) is 0.467. The molecule has 0 fully saturated rings. The third kappa shape index (κ3) is 12.3. The summed E-state index contributed by atoms with van der Waals surface area (Å²) >= 11 is 0. The van der Waals surface area contributed by atoms with Crippen LogP contribution in [0, 0.1) is 26.2 Å². The lowest BCUT2D eigenvalue weighted by Gasteiger charge is -2.36. The molecule has 1 aromatic heterocycles. The Bertz CT molecular complexity index is 1940. The lowest BCUT2D eigenvalue weighted by Crippen LogP contribution is -2.38. The van der Waals surface area contributed by atoms with Crippen molar-refractivity contribution < 1.29 is 23.8 Å². The molecule has 5 N–H and O–H groups in total. The second-order valence-electron chi connectivity index (χ2n) is 15.9. The van der Waals surface area contributed by atoms with Crippen molar-refractivity contribution in [3.8, 4) is 11.8 Å². The van der Waals surface area contributed by atoms with Crippen LogP contribution in [0.1, 0.15) is 100 Å². The number of aromatic nitrogens is 2. The van der Waals surface area contributed by atoms with Crippen molar-refractivity contribution in [3.05, 3.63) is 100 Å². The highest BCUT2D eigenvalue weighted by atomic mass is 16.6. The van der Waals surface area contributed by atoms with Crippen LogP contribution in [0.15, 0.2) is 67.0 Å². The van der Waals surface area contributed by atoms with Gasteiger partial charge in [0.05, 0.1) is 48.0 Å². The minimum Gasteiger partial charge on any atom is -0.493 e. The Balaban J connectivity index is 1.53. The summed E-state index contributed by atoms with van der Waals surface area (Å²) in [6.45, 7) is 19.4. The Morgan fingerprint density at radius 1 is 0.877 bits per heavy atom. The Labute approximate surface area is 339 Å². The van der Waals surface area contributed by atoms with E-state index < -0.39 is 17.1 Å². The minimum absolute atomic E-state index is 0.121. The van der Waals surface area contributed by atoms with Gasteiger partial charge in [0.2, 0.25) is 5.91 Å². The van der Waals surface area contributed by atoms with Crippen molar-refractivity contribution in [2.75, 3.05) is 49.4 Å². The van der Waals surface area contributed by atoms with Gasteiger partial charge in [-0.15, -0.1) is 0 Å². The number of alkyl carbamates (subject to hydrolysis) is 1.